The number of likely N-dealkylation sites (tertiary alicyclic amines) is 1. The van der Waals surface area contributed by atoms with Gasteiger partial charge in [0.15, 0.2) is 5.96 Å². The molecule has 2 aliphatic heterocycles. The van der Waals surface area contributed by atoms with Crippen LogP contribution in [-0.2, 0) is 9.47 Å². The van der Waals surface area contributed by atoms with E-state index in [2.05, 4.69) is 22.0 Å². The lowest BCUT2D eigenvalue weighted by Gasteiger charge is -2.32. The summed E-state index contributed by atoms with van der Waals surface area (Å²) in [6, 6.07) is 0.571. The summed E-state index contributed by atoms with van der Waals surface area (Å²) in [4.78, 5) is 23.6. The molecular weight excluding hydrogens is 358 g/mol. The van der Waals surface area contributed by atoms with Gasteiger partial charge in [0.05, 0.1) is 19.8 Å². The van der Waals surface area contributed by atoms with Crippen molar-refractivity contribution in [2.75, 3.05) is 65.6 Å². The van der Waals surface area contributed by atoms with Crippen LogP contribution in [0.3, 0.4) is 0 Å². The Morgan fingerprint density at radius 2 is 1.96 bits per heavy atom. The summed E-state index contributed by atoms with van der Waals surface area (Å²) in [5.74, 6) is 0.943. The van der Waals surface area contributed by atoms with Crippen molar-refractivity contribution in [2.45, 2.75) is 52.7 Å². The van der Waals surface area contributed by atoms with Gasteiger partial charge in [-0.25, -0.2) is 4.79 Å². The smallest absolute Gasteiger partial charge is 0.410 e. The van der Waals surface area contributed by atoms with E-state index in [4.69, 9.17) is 14.5 Å². The maximum atomic E-state index is 12.3. The van der Waals surface area contributed by atoms with Crippen molar-refractivity contribution in [3.05, 3.63) is 0 Å². The summed E-state index contributed by atoms with van der Waals surface area (Å²) in [6.07, 6.45) is 0.882. The van der Waals surface area contributed by atoms with E-state index < -0.39 is 5.60 Å². The molecular formula is C20H39N5O3. The lowest BCUT2D eigenvalue weighted by molar-refractivity contribution is 0.0194. The molecule has 0 bridgehead atoms. The molecule has 2 saturated heterocycles. The number of likely N-dealkylation sites (N-methyl/N-ethyl adjacent to an activating group) is 1. The number of hydrogen-bond donors (Lipinski definition) is 1. The second-order valence-corrected chi connectivity index (χ2v) is 8.33. The molecule has 2 fully saturated rings. The zero-order valence-electron chi connectivity index (χ0n) is 18.4. The Morgan fingerprint density at radius 1 is 1.25 bits per heavy atom. The fourth-order valence-corrected chi connectivity index (χ4v) is 3.58. The van der Waals surface area contributed by atoms with E-state index >= 15 is 0 Å². The average Bonchev–Trinajstić information content (AvgIpc) is 3.13. The Bertz CT molecular complexity index is 514. The van der Waals surface area contributed by atoms with Gasteiger partial charge < -0.3 is 24.6 Å². The number of amides is 1. The van der Waals surface area contributed by atoms with Crippen LogP contribution >= 0.6 is 0 Å². The maximum Gasteiger partial charge on any atom is 0.410 e. The van der Waals surface area contributed by atoms with Gasteiger partial charge in [0.2, 0.25) is 0 Å². The number of carbonyl (C=O) groups is 1. The standard InChI is InChI=1S/C20H39N5O3/c1-6-21-18(22-9-11-23(7-2)19(26)28-20(3,4)5)25-10-8-17(16-25)24-12-14-27-15-13-24/h17H,6-16H2,1-5H3,(H,21,22). The van der Waals surface area contributed by atoms with Gasteiger partial charge in [-0.2, -0.15) is 0 Å². The van der Waals surface area contributed by atoms with Crippen molar-refractivity contribution in [3.8, 4) is 0 Å². The Labute approximate surface area is 170 Å². The summed E-state index contributed by atoms with van der Waals surface area (Å²) in [7, 11) is 0. The van der Waals surface area contributed by atoms with E-state index in [0.29, 0.717) is 25.7 Å². The van der Waals surface area contributed by atoms with Crippen molar-refractivity contribution in [3.63, 3.8) is 0 Å². The fraction of sp³-hybridized carbons (Fsp3) is 0.900. The van der Waals surface area contributed by atoms with Crippen molar-refractivity contribution < 1.29 is 14.3 Å². The Hall–Kier alpha value is -1.54. The van der Waals surface area contributed by atoms with Crippen molar-refractivity contribution >= 4 is 12.1 Å². The molecule has 0 radical (unpaired) electrons. The third-order valence-corrected chi connectivity index (χ3v) is 5.02. The molecule has 1 amide bonds. The first-order valence-electron chi connectivity index (χ1n) is 10.7. The lowest BCUT2D eigenvalue weighted by atomic mass is 10.2. The molecule has 0 aliphatic carbocycles. The van der Waals surface area contributed by atoms with Gasteiger partial charge in [-0.05, 0) is 41.0 Å². The third-order valence-electron chi connectivity index (χ3n) is 5.02. The SMILES string of the molecule is CCNC(=NCCN(CC)C(=O)OC(C)(C)C)N1CCC(N2CCOCC2)C1. The van der Waals surface area contributed by atoms with Gasteiger partial charge in [-0.3, -0.25) is 9.89 Å². The van der Waals surface area contributed by atoms with E-state index in [-0.39, 0.29) is 6.09 Å². The molecule has 2 heterocycles. The van der Waals surface area contributed by atoms with Crippen LogP contribution in [0.15, 0.2) is 4.99 Å². The average molecular weight is 398 g/mol. The van der Waals surface area contributed by atoms with Gasteiger partial charge in [0.1, 0.15) is 5.60 Å². The van der Waals surface area contributed by atoms with E-state index in [1.807, 2.05) is 27.7 Å². The molecule has 0 aromatic rings. The lowest BCUT2D eigenvalue weighted by Crippen LogP contribution is -2.47. The zero-order valence-corrected chi connectivity index (χ0v) is 18.4. The topological polar surface area (TPSA) is 69.6 Å². The van der Waals surface area contributed by atoms with Gasteiger partial charge in [0, 0.05) is 51.9 Å². The molecule has 8 heteroatoms. The number of nitrogens with one attached hydrogen (secondary N) is 1. The minimum absolute atomic E-state index is 0.274. The largest absolute Gasteiger partial charge is 0.444 e. The number of ether oxygens (including phenoxy) is 2. The first kappa shape index (κ1) is 22.7. The molecule has 0 saturated carbocycles. The molecule has 0 spiro atoms. The fourth-order valence-electron chi connectivity index (χ4n) is 3.58. The molecule has 1 N–H and O–H groups in total. The van der Waals surface area contributed by atoms with Crippen molar-refractivity contribution in [2.24, 2.45) is 4.99 Å². The molecule has 162 valence electrons. The molecule has 2 aliphatic rings. The minimum atomic E-state index is -0.479. The molecule has 2 rings (SSSR count). The van der Waals surface area contributed by atoms with Crippen molar-refractivity contribution in [1.82, 2.24) is 20.0 Å². The summed E-state index contributed by atoms with van der Waals surface area (Å²) >= 11 is 0. The summed E-state index contributed by atoms with van der Waals surface area (Å²) in [6.45, 7) is 18.0. The summed E-state index contributed by atoms with van der Waals surface area (Å²) in [5, 5.41) is 3.41. The Balaban J connectivity index is 1.88. The van der Waals surface area contributed by atoms with Gasteiger partial charge in [-0.1, -0.05) is 0 Å². The van der Waals surface area contributed by atoms with Gasteiger partial charge in [-0.15, -0.1) is 0 Å². The molecule has 28 heavy (non-hydrogen) atoms. The summed E-state index contributed by atoms with van der Waals surface area (Å²) in [5.41, 5.74) is -0.479. The van der Waals surface area contributed by atoms with Crippen LogP contribution in [0.4, 0.5) is 4.79 Å². The highest BCUT2D eigenvalue weighted by atomic mass is 16.6. The normalized spacial score (nSPS) is 21.7. The number of rotatable bonds is 6. The first-order chi connectivity index (χ1) is 13.3. The number of morpholine rings is 1. The van der Waals surface area contributed by atoms with E-state index in [0.717, 1.165) is 58.3 Å². The predicted molar refractivity (Wildman–Crippen MR) is 112 cm³/mol. The number of carbonyl (C=O) groups excluding carboxylic acids is 1. The molecule has 1 atom stereocenters. The van der Waals surface area contributed by atoms with E-state index in [1.54, 1.807) is 4.90 Å². The Kier molecular flexibility index (Phi) is 8.82. The minimum Gasteiger partial charge on any atom is -0.444 e. The predicted octanol–water partition coefficient (Wildman–Crippen LogP) is 1.62. The van der Waals surface area contributed by atoms with Crippen LogP contribution < -0.4 is 5.32 Å². The number of aliphatic imine (C=N–C) groups is 1. The van der Waals surface area contributed by atoms with Crippen LogP contribution in [0.1, 0.15) is 41.0 Å². The van der Waals surface area contributed by atoms with Crippen LogP contribution in [0.25, 0.3) is 0 Å². The Morgan fingerprint density at radius 3 is 2.57 bits per heavy atom. The number of guanidine groups is 1. The number of hydrogen-bond acceptors (Lipinski definition) is 5. The highest BCUT2D eigenvalue weighted by Crippen LogP contribution is 2.17. The highest BCUT2D eigenvalue weighted by molar-refractivity contribution is 5.80. The summed E-state index contributed by atoms with van der Waals surface area (Å²) < 4.78 is 10.9. The van der Waals surface area contributed by atoms with E-state index in [1.165, 1.54) is 0 Å². The molecule has 1 unspecified atom stereocenters. The van der Waals surface area contributed by atoms with Crippen molar-refractivity contribution in [1.29, 1.82) is 0 Å². The van der Waals surface area contributed by atoms with Gasteiger partial charge in [0.25, 0.3) is 0 Å². The first-order valence-corrected chi connectivity index (χ1v) is 10.7. The quantitative estimate of drug-likeness (QED) is 0.543. The maximum absolute atomic E-state index is 12.3. The third kappa shape index (κ3) is 7.13. The number of nitrogens with zero attached hydrogens (tertiary/aromatic N) is 4. The second kappa shape index (κ2) is 10.9. The highest BCUT2D eigenvalue weighted by Gasteiger charge is 2.30. The molecule has 8 nitrogen and oxygen atoms in total. The zero-order chi connectivity index (χ0) is 20.6. The monoisotopic (exact) mass is 397 g/mol. The van der Waals surface area contributed by atoms with E-state index in [9.17, 15) is 4.79 Å². The van der Waals surface area contributed by atoms with Gasteiger partial charge >= 0.3 is 6.09 Å². The second-order valence-electron chi connectivity index (χ2n) is 8.33. The van der Waals surface area contributed by atoms with Crippen LogP contribution in [-0.4, -0.2) is 104 Å². The van der Waals surface area contributed by atoms with Crippen LogP contribution in [0, 0.1) is 0 Å². The molecule has 0 aromatic heterocycles. The van der Waals surface area contributed by atoms with Crippen LogP contribution in [0.2, 0.25) is 0 Å². The van der Waals surface area contributed by atoms with Crippen LogP contribution in [0.5, 0.6) is 0 Å². The molecule has 0 aromatic carbocycles.